The third kappa shape index (κ3) is 5.78. The molecule has 0 aromatic heterocycles. The van der Waals surface area contributed by atoms with E-state index in [1.807, 2.05) is 79.0 Å². The highest BCUT2D eigenvalue weighted by Gasteiger charge is 2.20. The summed E-state index contributed by atoms with van der Waals surface area (Å²) in [6.45, 7) is 3.45. The maximum absolute atomic E-state index is 12.4. The number of hydrogen-bond donors (Lipinski definition) is 1. The molecule has 4 nitrogen and oxygen atoms in total. The Kier molecular flexibility index (Phi) is 6.85. The Balaban J connectivity index is 1.63. The van der Waals surface area contributed by atoms with Crippen molar-refractivity contribution in [3.8, 4) is 5.75 Å². The molecule has 1 saturated heterocycles. The highest BCUT2D eigenvalue weighted by molar-refractivity contribution is 8.19. The van der Waals surface area contributed by atoms with E-state index in [1.165, 1.54) is 24.0 Å². The van der Waals surface area contributed by atoms with Gasteiger partial charge in [-0.25, -0.2) is 0 Å². The van der Waals surface area contributed by atoms with Crippen molar-refractivity contribution in [1.29, 1.82) is 0 Å². The number of aryl methyl sites for hydroxylation is 1. The molecule has 1 aliphatic heterocycles. The van der Waals surface area contributed by atoms with Crippen molar-refractivity contribution in [2.24, 2.45) is 0 Å². The van der Waals surface area contributed by atoms with Gasteiger partial charge in [-0.05, 0) is 30.2 Å². The minimum atomic E-state index is -0.402. The summed E-state index contributed by atoms with van der Waals surface area (Å²) < 4.78 is 5.96. The molecule has 1 atom stereocenters. The van der Waals surface area contributed by atoms with E-state index in [0.717, 1.165) is 11.1 Å². The third-order valence-corrected chi connectivity index (χ3v) is 7.34. The lowest BCUT2D eigenvalue weighted by Gasteiger charge is -2.18. The van der Waals surface area contributed by atoms with Gasteiger partial charge < -0.3 is 10.1 Å². The molecule has 1 aliphatic rings. The molecular formula is C21H23NO3S2. The number of hydrogen-bond acceptors (Lipinski definition) is 5. The van der Waals surface area contributed by atoms with Gasteiger partial charge in [0.1, 0.15) is 5.75 Å². The number of esters is 1. The zero-order valence-electron chi connectivity index (χ0n) is 15.4. The minimum Gasteiger partial charge on any atom is -0.426 e. The van der Waals surface area contributed by atoms with Gasteiger partial charge in [0.15, 0.2) is 0 Å². The van der Waals surface area contributed by atoms with Crippen LogP contribution < -0.4 is 10.1 Å². The van der Waals surface area contributed by atoms with Crippen molar-refractivity contribution in [2.45, 2.75) is 30.9 Å². The van der Waals surface area contributed by atoms with E-state index in [-0.39, 0.29) is 18.3 Å². The fourth-order valence-corrected chi connectivity index (χ4v) is 5.74. The van der Waals surface area contributed by atoms with Crippen LogP contribution in [0.1, 0.15) is 40.7 Å². The Labute approximate surface area is 168 Å². The number of nitrogens with one attached hydrogen (secondary N) is 1. The fourth-order valence-electron chi connectivity index (χ4n) is 2.88. The lowest BCUT2D eigenvalue weighted by molar-refractivity contribution is -0.135. The molecular weight excluding hydrogens is 378 g/mol. The third-order valence-electron chi connectivity index (χ3n) is 4.23. The summed E-state index contributed by atoms with van der Waals surface area (Å²) in [6.07, 6.45) is 0.0821. The first-order chi connectivity index (χ1) is 13.0. The molecule has 1 amide bonds. The molecule has 0 bridgehead atoms. The van der Waals surface area contributed by atoms with Crippen LogP contribution in [0.15, 0.2) is 48.5 Å². The predicted octanol–water partition coefficient (Wildman–Crippen LogP) is 4.65. The van der Waals surface area contributed by atoms with Crippen molar-refractivity contribution < 1.29 is 14.3 Å². The second-order valence-corrected chi connectivity index (χ2v) is 9.21. The summed E-state index contributed by atoms with van der Waals surface area (Å²) in [4.78, 5) is 23.9. The van der Waals surface area contributed by atoms with E-state index in [9.17, 15) is 9.59 Å². The van der Waals surface area contributed by atoms with Crippen LogP contribution in [0.2, 0.25) is 0 Å². The molecule has 0 radical (unpaired) electrons. The largest absolute Gasteiger partial charge is 0.426 e. The average Bonchev–Trinajstić information content (AvgIpc) is 3.17. The van der Waals surface area contributed by atoms with E-state index in [2.05, 4.69) is 5.32 Å². The number of amides is 1. The van der Waals surface area contributed by atoms with Gasteiger partial charge in [-0.2, -0.15) is 0 Å². The van der Waals surface area contributed by atoms with Crippen LogP contribution in [0.25, 0.3) is 0 Å². The lowest BCUT2D eigenvalue weighted by atomic mass is 10.0. The highest BCUT2D eigenvalue weighted by Crippen LogP contribution is 2.45. The molecule has 1 fully saturated rings. The van der Waals surface area contributed by atoms with Crippen molar-refractivity contribution in [3.05, 3.63) is 65.2 Å². The van der Waals surface area contributed by atoms with Gasteiger partial charge in [0.05, 0.1) is 17.0 Å². The Morgan fingerprint density at radius 1 is 1.07 bits per heavy atom. The predicted molar refractivity (Wildman–Crippen MR) is 112 cm³/mol. The first-order valence-corrected chi connectivity index (χ1v) is 11.0. The molecule has 142 valence electrons. The first kappa shape index (κ1) is 19.8. The molecule has 3 rings (SSSR count). The lowest BCUT2D eigenvalue weighted by Crippen LogP contribution is -2.29. The second kappa shape index (κ2) is 9.33. The summed E-state index contributed by atoms with van der Waals surface area (Å²) in [6, 6.07) is 15.1. The standard InChI is InChI=1S/C21H23NO3S2/c1-14-3-5-16(6-4-14)19(22-15(2)23)13-20(24)25-18-9-7-17(8-10-18)21-26-11-12-27-21/h3-10,19,21H,11-13H2,1-2H3,(H,22,23). The van der Waals surface area contributed by atoms with Gasteiger partial charge in [-0.15, -0.1) is 23.5 Å². The van der Waals surface area contributed by atoms with Gasteiger partial charge in [0, 0.05) is 18.4 Å². The monoisotopic (exact) mass is 401 g/mol. The topological polar surface area (TPSA) is 55.4 Å². The zero-order valence-corrected chi connectivity index (χ0v) is 17.1. The Morgan fingerprint density at radius 3 is 2.30 bits per heavy atom. The van der Waals surface area contributed by atoms with Gasteiger partial charge in [-0.3, -0.25) is 9.59 Å². The highest BCUT2D eigenvalue weighted by atomic mass is 32.2. The Hall–Kier alpha value is -1.92. The Bertz CT molecular complexity index is 784. The summed E-state index contributed by atoms with van der Waals surface area (Å²) in [5, 5.41) is 2.83. The minimum absolute atomic E-state index is 0.0821. The smallest absolute Gasteiger partial charge is 0.313 e. The number of benzene rings is 2. The zero-order chi connectivity index (χ0) is 19.2. The first-order valence-electron chi connectivity index (χ1n) is 8.89. The van der Waals surface area contributed by atoms with Crippen LogP contribution >= 0.6 is 23.5 Å². The van der Waals surface area contributed by atoms with Gasteiger partial charge in [0.2, 0.25) is 5.91 Å². The molecule has 1 unspecified atom stereocenters. The van der Waals surface area contributed by atoms with E-state index < -0.39 is 6.04 Å². The van der Waals surface area contributed by atoms with E-state index in [1.54, 1.807) is 0 Å². The summed E-state index contributed by atoms with van der Waals surface area (Å²) in [5.41, 5.74) is 3.26. The second-order valence-electron chi connectivity index (χ2n) is 6.48. The maximum Gasteiger partial charge on any atom is 0.313 e. The van der Waals surface area contributed by atoms with Gasteiger partial charge in [-0.1, -0.05) is 42.0 Å². The van der Waals surface area contributed by atoms with Gasteiger partial charge >= 0.3 is 5.97 Å². The van der Waals surface area contributed by atoms with Crippen molar-refractivity contribution in [2.75, 3.05) is 11.5 Å². The molecule has 0 spiro atoms. The normalized spacial score (nSPS) is 15.3. The number of thioether (sulfide) groups is 2. The van der Waals surface area contributed by atoms with E-state index >= 15 is 0 Å². The maximum atomic E-state index is 12.4. The summed E-state index contributed by atoms with van der Waals surface area (Å²) in [7, 11) is 0. The number of carbonyl (C=O) groups excluding carboxylic acids is 2. The number of carbonyl (C=O) groups is 2. The van der Waals surface area contributed by atoms with Crippen LogP contribution in [0.5, 0.6) is 5.75 Å². The van der Waals surface area contributed by atoms with Gasteiger partial charge in [0.25, 0.3) is 0 Å². The van der Waals surface area contributed by atoms with Crippen LogP contribution in [-0.4, -0.2) is 23.4 Å². The molecule has 1 heterocycles. The quantitative estimate of drug-likeness (QED) is 0.564. The molecule has 2 aromatic rings. The molecule has 0 saturated carbocycles. The molecule has 0 aliphatic carbocycles. The number of ether oxygens (including phenoxy) is 1. The SMILES string of the molecule is CC(=O)NC(CC(=O)Oc1ccc(C2SCCS2)cc1)c1ccc(C)cc1. The van der Waals surface area contributed by atoms with Crippen molar-refractivity contribution >= 4 is 35.4 Å². The number of rotatable bonds is 6. The van der Waals surface area contributed by atoms with Crippen molar-refractivity contribution in [1.82, 2.24) is 5.32 Å². The van der Waals surface area contributed by atoms with Crippen LogP contribution in [0.3, 0.4) is 0 Å². The summed E-state index contributed by atoms with van der Waals surface area (Å²) in [5.74, 6) is 2.34. The fraction of sp³-hybridized carbons (Fsp3) is 0.333. The van der Waals surface area contributed by atoms with Crippen LogP contribution in [0, 0.1) is 6.92 Å². The molecule has 27 heavy (non-hydrogen) atoms. The Morgan fingerprint density at radius 2 is 1.70 bits per heavy atom. The van der Waals surface area contributed by atoms with Crippen LogP contribution in [-0.2, 0) is 9.59 Å². The summed E-state index contributed by atoms with van der Waals surface area (Å²) >= 11 is 3.89. The van der Waals surface area contributed by atoms with Crippen LogP contribution in [0.4, 0.5) is 0 Å². The molecule has 2 aromatic carbocycles. The molecule has 6 heteroatoms. The van der Waals surface area contributed by atoms with Crippen molar-refractivity contribution in [3.63, 3.8) is 0 Å². The van der Waals surface area contributed by atoms with E-state index in [4.69, 9.17) is 4.74 Å². The molecule has 1 N–H and O–H groups in total. The van der Waals surface area contributed by atoms with E-state index in [0.29, 0.717) is 10.3 Å². The average molecular weight is 402 g/mol.